The zero-order valence-electron chi connectivity index (χ0n) is 18.2. The number of nitrogens with one attached hydrogen (secondary N) is 1. The number of hydrogen-bond donors (Lipinski definition) is 1. The topological polar surface area (TPSA) is 77.1 Å². The molecule has 0 saturated heterocycles. The quantitative estimate of drug-likeness (QED) is 0.508. The number of ether oxygens (including phenoxy) is 3. The molecule has 0 bridgehead atoms. The van der Waals surface area contributed by atoms with Crippen LogP contribution in [0.3, 0.4) is 0 Å². The highest BCUT2D eigenvalue weighted by atomic mass is 35.5. The summed E-state index contributed by atoms with van der Waals surface area (Å²) >= 11 is 6.13. The van der Waals surface area contributed by atoms with Crippen molar-refractivity contribution in [1.29, 1.82) is 0 Å². The Morgan fingerprint density at radius 3 is 2.24 bits per heavy atom. The van der Waals surface area contributed by atoms with E-state index in [1.807, 2.05) is 0 Å². The van der Waals surface area contributed by atoms with Gasteiger partial charge in [-0.15, -0.1) is 0 Å². The van der Waals surface area contributed by atoms with Gasteiger partial charge in [-0.3, -0.25) is 9.59 Å². The highest BCUT2D eigenvalue weighted by Crippen LogP contribution is 2.39. The predicted octanol–water partition coefficient (Wildman–Crippen LogP) is 4.76. The minimum Gasteiger partial charge on any atom is -0.497 e. The van der Waals surface area contributed by atoms with E-state index < -0.39 is 11.8 Å². The van der Waals surface area contributed by atoms with E-state index in [0.29, 0.717) is 39.2 Å². The van der Waals surface area contributed by atoms with Crippen molar-refractivity contribution in [2.45, 2.75) is 0 Å². The first kappa shape index (κ1) is 22.2. The number of amides is 2. The van der Waals surface area contributed by atoms with Crippen molar-refractivity contribution >= 4 is 40.4 Å². The standard InChI is InChI=1S/C25H21ClN2O5/c1-31-17-11-12-19(21(14-17)33-3)27-23-22(18-9-4-5-10-20(18)32-2)24(29)28(25(23)30)16-8-6-7-15(26)13-16/h4-14,27H,1-3H3. The van der Waals surface area contributed by atoms with Crippen LogP contribution in [0.5, 0.6) is 17.2 Å². The average molecular weight is 465 g/mol. The Balaban J connectivity index is 1.88. The second-order valence-electron chi connectivity index (χ2n) is 7.07. The molecule has 7 nitrogen and oxygen atoms in total. The lowest BCUT2D eigenvalue weighted by atomic mass is 10.0. The molecule has 1 heterocycles. The van der Waals surface area contributed by atoms with Crippen LogP contribution >= 0.6 is 11.6 Å². The molecule has 0 saturated carbocycles. The third-order valence-corrected chi connectivity index (χ3v) is 5.43. The highest BCUT2D eigenvalue weighted by Gasteiger charge is 2.41. The lowest BCUT2D eigenvalue weighted by molar-refractivity contribution is -0.120. The van der Waals surface area contributed by atoms with Crippen LogP contribution in [0.25, 0.3) is 5.57 Å². The van der Waals surface area contributed by atoms with Crippen LogP contribution in [0.15, 0.2) is 72.4 Å². The normalized spacial score (nSPS) is 13.4. The number of imide groups is 1. The van der Waals surface area contributed by atoms with Crippen molar-refractivity contribution in [2.24, 2.45) is 0 Å². The van der Waals surface area contributed by atoms with Gasteiger partial charge in [0.25, 0.3) is 11.8 Å². The maximum Gasteiger partial charge on any atom is 0.282 e. The van der Waals surface area contributed by atoms with Crippen molar-refractivity contribution in [3.05, 3.63) is 83.0 Å². The molecule has 8 heteroatoms. The van der Waals surface area contributed by atoms with Gasteiger partial charge in [0.1, 0.15) is 22.9 Å². The fourth-order valence-electron chi connectivity index (χ4n) is 3.63. The van der Waals surface area contributed by atoms with E-state index in [1.165, 1.54) is 14.2 Å². The lowest BCUT2D eigenvalue weighted by Gasteiger charge is -2.16. The van der Waals surface area contributed by atoms with Gasteiger partial charge in [0.2, 0.25) is 0 Å². The van der Waals surface area contributed by atoms with Crippen LogP contribution in [-0.2, 0) is 9.59 Å². The maximum atomic E-state index is 13.6. The number of para-hydroxylation sites is 1. The first-order valence-electron chi connectivity index (χ1n) is 9.99. The third-order valence-electron chi connectivity index (χ3n) is 5.19. The minimum absolute atomic E-state index is 0.0907. The summed E-state index contributed by atoms with van der Waals surface area (Å²) in [5.74, 6) is 0.471. The molecule has 1 aliphatic rings. The molecule has 0 fully saturated rings. The van der Waals surface area contributed by atoms with E-state index in [4.69, 9.17) is 25.8 Å². The fraction of sp³-hybridized carbons (Fsp3) is 0.120. The van der Waals surface area contributed by atoms with Crippen molar-refractivity contribution in [2.75, 3.05) is 31.5 Å². The average Bonchev–Trinajstić information content (AvgIpc) is 3.08. The molecule has 0 aliphatic carbocycles. The van der Waals surface area contributed by atoms with Gasteiger partial charge in [0, 0.05) is 16.7 Å². The molecule has 1 aliphatic heterocycles. The van der Waals surface area contributed by atoms with Crippen molar-refractivity contribution < 1.29 is 23.8 Å². The van der Waals surface area contributed by atoms with Gasteiger partial charge in [-0.2, -0.15) is 0 Å². The number of hydrogen-bond acceptors (Lipinski definition) is 6. The number of halogens is 1. The van der Waals surface area contributed by atoms with E-state index in [9.17, 15) is 9.59 Å². The molecule has 4 rings (SSSR count). The minimum atomic E-state index is -0.527. The molecule has 0 aromatic heterocycles. The molecule has 3 aromatic carbocycles. The first-order valence-corrected chi connectivity index (χ1v) is 10.4. The molecule has 33 heavy (non-hydrogen) atoms. The lowest BCUT2D eigenvalue weighted by Crippen LogP contribution is -2.32. The van der Waals surface area contributed by atoms with Crippen molar-refractivity contribution in [3.8, 4) is 17.2 Å². The van der Waals surface area contributed by atoms with Crippen LogP contribution in [0.2, 0.25) is 5.02 Å². The van der Waals surface area contributed by atoms with Gasteiger partial charge < -0.3 is 19.5 Å². The second kappa shape index (κ2) is 9.26. The van der Waals surface area contributed by atoms with E-state index >= 15 is 0 Å². The van der Waals surface area contributed by atoms with Crippen molar-refractivity contribution in [1.82, 2.24) is 0 Å². The maximum absolute atomic E-state index is 13.6. The number of benzene rings is 3. The summed E-state index contributed by atoms with van der Waals surface area (Å²) < 4.78 is 16.2. The highest BCUT2D eigenvalue weighted by molar-refractivity contribution is 6.46. The van der Waals surface area contributed by atoms with Gasteiger partial charge in [-0.1, -0.05) is 35.9 Å². The van der Waals surface area contributed by atoms with Crippen LogP contribution in [-0.4, -0.2) is 33.1 Å². The molecule has 0 spiro atoms. The summed E-state index contributed by atoms with van der Waals surface area (Å²) in [4.78, 5) is 28.3. The summed E-state index contributed by atoms with van der Waals surface area (Å²) in [6.07, 6.45) is 0. The SMILES string of the molecule is COc1ccc(NC2=C(c3ccccc3OC)C(=O)N(c3cccc(Cl)c3)C2=O)c(OC)c1. The number of anilines is 2. The number of carbonyl (C=O) groups excluding carboxylic acids is 2. The van der Waals surface area contributed by atoms with Gasteiger partial charge in [0.15, 0.2) is 0 Å². The molecule has 2 amide bonds. The molecule has 168 valence electrons. The first-order chi connectivity index (χ1) is 16.0. The van der Waals surface area contributed by atoms with E-state index in [0.717, 1.165) is 4.90 Å². The molecule has 3 aromatic rings. The Bertz CT molecular complexity index is 1270. The Morgan fingerprint density at radius 1 is 0.788 bits per heavy atom. The summed E-state index contributed by atoms with van der Waals surface area (Å²) in [7, 11) is 4.57. The van der Waals surface area contributed by atoms with Crippen LogP contribution in [0.1, 0.15) is 5.56 Å². The molecule has 0 radical (unpaired) electrons. The number of methoxy groups -OCH3 is 3. The van der Waals surface area contributed by atoms with E-state index in [1.54, 1.807) is 73.8 Å². The summed E-state index contributed by atoms with van der Waals surface area (Å²) in [6, 6.07) is 18.7. The van der Waals surface area contributed by atoms with E-state index in [2.05, 4.69) is 5.32 Å². The molecular formula is C25H21ClN2O5. The zero-order valence-corrected chi connectivity index (χ0v) is 19.0. The van der Waals surface area contributed by atoms with Crippen LogP contribution in [0, 0.1) is 0 Å². The second-order valence-corrected chi connectivity index (χ2v) is 7.50. The number of nitrogens with zero attached hydrogens (tertiary/aromatic N) is 1. The van der Waals surface area contributed by atoms with E-state index in [-0.39, 0.29) is 11.3 Å². The summed E-state index contributed by atoms with van der Waals surface area (Å²) in [5.41, 5.74) is 1.61. The van der Waals surface area contributed by atoms with Gasteiger partial charge in [-0.25, -0.2) is 4.90 Å². The molecule has 0 atom stereocenters. The number of rotatable bonds is 7. The van der Waals surface area contributed by atoms with Gasteiger partial charge >= 0.3 is 0 Å². The fourth-order valence-corrected chi connectivity index (χ4v) is 3.82. The Labute approximate surface area is 196 Å². The largest absolute Gasteiger partial charge is 0.497 e. The Morgan fingerprint density at radius 2 is 1.55 bits per heavy atom. The summed E-state index contributed by atoms with van der Waals surface area (Å²) in [5, 5.41) is 3.51. The van der Waals surface area contributed by atoms with Gasteiger partial charge in [-0.05, 0) is 36.4 Å². The number of carbonyl (C=O) groups is 2. The van der Waals surface area contributed by atoms with Crippen LogP contribution < -0.4 is 24.4 Å². The van der Waals surface area contributed by atoms with Gasteiger partial charge in [0.05, 0.1) is 38.3 Å². The third kappa shape index (κ3) is 4.10. The van der Waals surface area contributed by atoms with Crippen molar-refractivity contribution in [3.63, 3.8) is 0 Å². The predicted molar refractivity (Wildman–Crippen MR) is 127 cm³/mol. The molecule has 1 N–H and O–H groups in total. The molecular weight excluding hydrogens is 444 g/mol. The Kier molecular flexibility index (Phi) is 6.24. The zero-order chi connectivity index (χ0) is 23.5. The van der Waals surface area contributed by atoms with Crippen LogP contribution in [0.4, 0.5) is 11.4 Å². The monoisotopic (exact) mass is 464 g/mol. The smallest absolute Gasteiger partial charge is 0.282 e. The Hall–Kier alpha value is -3.97. The molecule has 0 unspecified atom stereocenters. The summed E-state index contributed by atoms with van der Waals surface area (Å²) in [6.45, 7) is 0.